The van der Waals surface area contributed by atoms with Gasteiger partial charge in [0.1, 0.15) is 18.1 Å². The number of ether oxygens (including phenoxy) is 2. The van der Waals surface area contributed by atoms with Crippen molar-refractivity contribution >= 4 is 5.91 Å². The van der Waals surface area contributed by atoms with Gasteiger partial charge in [0.2, 0.25) is 5.88 Å². The van der Waals surface area contributed by atoms with E-state index in [9.17, 15) is 4.79 Å². The molecule has 1 N–H and O–H groups in total. The van der Waals surface area contributed by atoms with Crippen LogP contribution in [0.4, 0.5) is 0 Å². The molecule has 1 aliphatic rings. The lowest BCUT2D eigenvalue weighted by Gasteiger charge is -2.22. The normalized spacial score (nSPS) is 18.4. The molecule has 3 aromatic heterocycles. The number of rotatable bonds is 6. The van der Waals surface area contributed by atoms with Crippen LogP contribution in [0.15, 0.2) is 35.0 Å². The van der Waals surface area contributed by atoms with Crippen LogP contribution in [0.2, 0.25) is 0 Å². The zero-order valence-corrected chi connectivity index (χ0v) is 17.1. The molecule has 0 saturated carbocycles. The van der Waals surface area contributed by atoms with Crippen molar-refractivity contribution in [1.82, 2.24) is 25.7 Å². The van der Waals surface area contributed by atoms with Crippen molar-refractivity contribution in [3.05, 3.63) is 53.2 Å². The van der Waals surface area contributed by atoms with Crippen molar-refractivity contribution in [2.75, 3.05) is 13.2 Å². The maximum absolute atomic E-state index is 12.4. The van der Waals surface area contributed by atoms with Crippen LogP contribution in [0.5, 0.6) is 5.88 Å². The molecule has 1 saturated heterocycles. The zero-order chi connectivity index (χ0) is 21.1. The fourth-order valence-electron chi connectivity index (χ4n) is 3.16. The van der Waals surface area contributed by atoms with Gasteiger partial charge in [-0.15, -0.1) is 10.2 Å². The third kappa shape index (κ3) is 4.30. The Morgan fingerprint density at radius 2 is 2.10 bits per heavy atom. The van der Waals surface area contributed by atoms with E-state index in [2.05, 4.69) is 25.7 Å². The quantitative estimate of drug-likeness (QED) is 0.661. The van der Waals surface area contributed by atoms with Crippen LogP contribution in [0, 0.1) is 13.8 Å². The van der Waals surface area contributed by atoms with Crippen LogP contribution in [-0.4, -0.2) is 45.0 Å². The van der Waals surface area contributed by atoms with Gasteiger partial charge in [-0.25, -0.2) is 0 Å². The number of hydrogen-bond donors (Lipinski definition) is 1. The zero-order valence-electron chi connectivity index (χ0n) is 17.1. The molecule has 4 heterocycles. The molecule has 0 spiro atoms. The lowest BCUT2D eigenvalue weighted by atomic mass is 10.0. The Labute approximate surface area is 173 Å². The first-order valence-electron chi connectivity index (χ1n) is 9.68. The first-order chi connectivity index (χ1) is 14.4. The Morgan fingerprint density at radius 3 is 2.77 bits per heavy atom. The van der Waals surface area contributed by atoms with E-state index >= 15 is 0 Å². The highest BCUT2D eigenvalue weighted by Crippen LogP contribution is 2.26. The molecule has 1 amide bonds. The number of pyridine rings is 1. The van der Waals surface area contributed by atoms with E-state index in [4.69, 9.17) is 14.0 Å². The summed E-state index contributed by atoms with van der Waals surface area (Å²) in [7, 11) is 0. The number of nitrogens with one attached hydrogen (secondary N) is 1. The molecule has 1 atom stereocenters. The first kappa shape index (κ1) is 20.0. The molecule has 4 rings (SSSR count). The highest BCUT2D eigenvalue weighted by Gasteiger charge is 2.32. The molecule has 0 aromatic carbocycles. The number of carbonyl (C=O) groups excluding carboxylic acids is 1. The highest BCUT2D eigenvalue weighted by atomic mass is 16.5. The topological polar surface area (TPSA) is 112 Å². The average molecular weight is 409 g/mol. The SMILES string of the molecule is Cc1ccc(-c2noc(C)c2COc2ccc(C(=O)N[C@@]3(C)CCOC3)nn2)cn1. The summed E-state index contributed by atoms with van der Waals surface area (Å²) in [6.07, 6.45) is 2.52. The van der Waals surface area contributed by atoms with Crippen LogP contribution in [-0.2, 0) is 11.3 Å². The van der Waals surface area contributed by atoms with Crippen LogP contribution < -0.4 is 10.1 Å². The Bertz CT molecular complexity index is 1020. The smallest absolute Gasteiger partial charge is 0.272 e. The molecule has 9 nitrogen and oxygen atoms in total. The van der Waals surface area contributed by atoms with E-state index in [1.807, 2.05) is 32.9 Å². The van der Waals surface area contributed by atoms with Crippen molar-refractivity contribution in [1.29, 1.82) is 0 Å². The third-order valence-electron chi connectivity index (χ3n) is 5.04. The lowest BCUT2D eigenvalue weighted by molar-refractivity contribution is 0.0883. The number of nitrogens with zero attached hydrogens (tertiary/aromatic N) is 4. The highest BCUT2D eigenvalue weighted by molar-refractivity contribution is 5.92. The molecule has 1 fully saturated rings. The van der Waals surface area contributed by atoms with Gasteiger partial charge in [-0.1, -0.05) is 5.16 Å². The maximum Gasteiger partial charge on any atom is 0.272 e. The Hall–Kier alpha value is -3.33. The summed E-state index contributed by atoms with van der Waals surface area (Å²) >= 11 is 0. The lowest BCUT2D eigenvalue weighted by Crippen LogP contribution is -2.46. The summed E-state index contributed by atoms with van der Waals surface area (Å²) < 4.78 is 16.4. The summed E-state index contributed by atoms with van der Waals surface area (Å²) in [6, 6.07) is 7.05. The van der Waals surface area contributed by atoms with Crippen molar-refractivity contribution in [3.8, 4) is 17.1 Å². The fourth-order valence-corrected chi connectivity index (χ4v) is 3.16. The van der Waals surface area contributed by atoms with E-state index in [1.165, 1.54) is 0 Å². The van der Waals surface area contributed by atoms with Gasteiger partial charge >= 0.3 is 0 Å². The maximum atomic E-state index is 12.4. The molecule has 0 bridgehead atoms. The van der Waals surface area contributed by atoms with Crippen LogP contribution in [0.3, 0.4) is 0 Å². The average Bonchev–Trinajstić information content (AvgIpc) is 3.33. The molecule has 0 radical (unpaired) electrons. The van der Waals surface area contributed by atoms with Crippen LogP contribution in [0.1, 0.15) is 40.9 Å². The second-order valence-corrected chi connectivity index (χ2v) is 7.62. The van der Waals surface area contributed by atoms with Crippen LogP contribution >= 0.6 is 0 Å². The van der Waals surface area contributed by atoms with Crippen molar-refractivity contribution in [2.45, 2.75) is 39.3 Å². The van der Waals surface area contributed by atoms with Gasteiger partial charge in [-0.3, -0.25) is 9.78 Å². The second-order valence-electron chi connectivity index (χ2n) is 7.62. The van der Waals surface area contributed by atoms with Crippen molar-refractivity contribution in [3.63, 3.8) is 0 Å². The molecule has 30 heavy (non-hydrogen) atoms. The largest absolute Gasteiger partial charge is 0.472 e. The van der Waals surface area contributed by atoms with E-state index < -0.39 is 0 Å². The van der Waals surface area contributed by atoms with Gasteiger partial charge in [0.25, 0.3) is 5.91 Å². The van der Waals surface area contributed by atoms with Gasteiger partial charge in [0.15, 0.2) is 5.69 Å². The third-order valence-corrected chi connectivity index (χ3v) is 5.04. The predicted molar refractivity (Wildman–Crippen MR) is 107 cm³/mol. The first-order valence-corrected chi connectivity index (χ1v) is 9.68. The predicted octanol–water partition coefficient (Wildman–Crippen LogP) is 2.63. The Kier molecular flexibility index (Phi) is 5.45. The van der Waals surface area contributed by atoms with Crippen molar-refractivity contribution in [2.24, 2.45) is 0 Å². The van der Waals surface area contributed by atoms with Crippen molar-refractivity contribution < 1.29 is 18.8 Å². The number of carbonyl (C=O) groups is 1. The van der Waals surface area contributed by atoms with E-state index in [1.54, 1.807) is 18.3 Å². The number of aromatic nitrogens is 4. The van der Waals surface area contributed by atoms with Crippen LogP contribution in [0.25, 0.3) is 11.3 Å². The molecule has 0 unspecified atom stereocenters. The molecule has 156 valence electrons. The summed E-state index contributed by atoms with van der Waals surface area (Å²) in [4.78, 5) is 16.7. The molecular formula is C21H23N5O4. The number of hydrogen-bond acceptors (Lipinski definition) is 8. The van der Waals surface area contributed by atoms with Gasteiger partial charge in [0, 0.05) is 30.1 Å². The Morgan fingerprint density at radius 1 is 1.23 bits per heavy atom. The molecule has 0 aliphatic carbocycles. The summed E-state index contributed by atoms with van der Waals surface area (Å²) in [6.45, 7) is 7.03. The van der Waals surface area contributed by atoms with Gasteiger partial charge < -0.3 is 19.3 Å². The Balaban J connectivity index is 1.42. The molecule has 3 aromatic rings. The summed E-state index contributed by atoms with van der Waals surface area (Å²) in [5, 5.41) is 15.1. The fraction of sp³-hybridized carbons (Fsp3) is 0.381. The number of amides is 1. The number of aryl methyl sites for hydroxylation is 2. The summed E-state index contributed by atoms with van der Waals surface area (Å²) in [5.41, 5.74) is 3.10. The molecule has 9 heteroatoms. The molecule has 1 aliphatic heterocycles. The van der Waals surface area contributed by atoms with Gasteiger partial charge in [-0.2, -0.15) is 0 Å². The minimum Gasteiger partial charge on any atom is -0.472 e. The van der Waals surface area contributed by atoms with E-state index in [-0.39, 0.29) is 23.7 Å². The minimum atomic E-state index is -0.374. The van der Waals surface area contributed by atoms with E-state index in [0.717, 1.165) is 23.2 Å². The van der Waals surface area contributed by atoms with Gasteiger partial charge in [-0.05, 0) is 45.4 Å². The summed E-state index contributed by atoms with van der Waals surface area (Å²) in [5.74, 6) is 0.670. The molecular weight excluding hydrogens is 386 g/mol. The monoisotopic (exact) mass is 409 g/mol. The second kappa shape index (κ2) is 8.19. The minimum absolute atomic E-state index is 0.203. The standard InChI is InChI=1S/C21H23N5O4/c1-13-4-5-15(10-22-13)19-16(14(2)30-26-19)11-29-18-7-6-17(24-25-18)20(27)23-21(3)8-9-28-12-21/h4-7,10H,8-9,11-12H2,1-3H3,(H,23,27)/t21-/m0/s1. The van der Waals surface area contributed by atoms with E-state index in [0.29, 0.717) is 30.5 Å². The van der Waals surface area contributed by atoms with Gasteiger partial charge in [0.05, 0.1) is 17.7 Å².